The summed E-state index contributed by atoms with van der Waals surface area (Å²) < 4.78 is 18.3. The smallest absolute Gasteiger partial charge is 0.248 e. The van der Waals surface area contributed by atoms with Crippen LogP contribution in [-0.4, -0.2) is 9.97 Å². The molecule has 3 heterocycles. The van der Waals surface area contributed by atoms with Crippen LogP contribution in [0.2, 0.25) is 0 Å². The van der Waals surface area contributed by atoms with Crippen LogP contribution < -0.4 is 24.5 Å². The maximum atomic E-state index is 11.7. The molecule has 9 rings (SSSR count). The summed E-state index contributed by atoms with van der Waals surface area (Å²) in [5.41, 5.74) is 5.65. The fourth-order valence-corrected chi connectivity index (χ4v) is 6.01. The quantitative estimate of drug-likeness (QED) is 0.117. The van der Waals surface area contributed by atoms with E-state index in [9.17, 15) is 10.0 Å². The molecule has 276 valence electrons. The first kappa shape index (κ1) is 36.9. The topological polar surface area (TPSA) is 100 Å². The molecule has 0 saturated carbocycles. The van der Waals surface area contributed by atoms with Crippen molar-refractivity contribution in [2.24, 2.45) is 0 Å². The lowest BCUT2D eigenvalue weighted by molar-refractivity contribution is -0.577. The van der Waals surface area contributed by atoms with E-state index in [1.54, 1.807) is 24.4 Å². The van der Waals surface area contributed by atoms with E-state index < -0.39 is 0 Å². The van der Waals surface area contributed by atoms with Crippen LogP contribution in [0, 0.1) is 5.21 Å². The minimum Gasteiger partial charge on any atom is -0.618 e. The van der Waals surface area contributed by atoms with E-state index in [2.05, 4.69) is 22.1 Å². The Bertz CT molecular complexity index is 2680. The van der Waals surface area contributed by atoms with E-state index in [4.69, 9.17) is 14.2 Å². The number of rotatable bonds is 9. The van der Waals surface area contributed by atoms with Crippen molar-refractivity contribution in [2.75, 3.05) is 0 Å². The van der Waals surface area contributed by atoms with Crippen LogP contribution >= 0.6 is 0 Å². The number of benzene rings is 6. The Labute approximate surface area is 324 Å². The first-order chi connectivity index (χ1) is 27.6. The Morgan fingerprint density at radius 1 is 0.482 bits per heavy atom. The molecule has 0 aliphatic carbocycles. The minimum atomic E-state index is -0.104. The highest BCUT2D eigenvalue weighted by Gasteiger charge is 2.08. The summed E-state index contributed by atoms with van der Waals surface area (Å²) in [4.78, 5) is 18.4. The van der Waals surface area contributed by atoms with Gasteiger partial charge in [-0.1, -0.05) is 109 Å². The van der Waals surface area contributed by atoms with E-state index in [0.29, 0.717) is 25.3 Å². The summed E-state index contributed by atoms with van der Waals surface area (Å²) in [5, 5.41) is 14.5. The van der Waals surface area contributed by atoms with Gasteiger partial charge in [0, 0.05) is 35.2 Å². The van der Waals surface area contributed by atoms with Gasteiger partial charge in [0.25, 0.3) is 0 Å². The Balaban J connectivity index is 0.000000129. The second-order valence-corrected chi connectivity index (χ2v) is 12.7. The second kappa shape index (κ2) is 18.5. The van der Waals surface area contributed by atoms with E-state index in [1.807, 2.05) is 146 Å². The summed E-state index contributed by atoms with van der Waals surface area (Å²) in [6.45, 7) is 1.58. The highest BCUT2D eigenvalue weighted by molar-refractivity contribution is 5.85. The normalized spacial score (nSPS) is 10.5. The van der Waals surface area contributed by atoms with Crippen molar-refractivity contribution in [2.45, 2.75) is 19.8 Å². The molecule has 0 aliphatic heterocycles. The summed E-state index contributed by atoms with van der Waals surface area (Å²) >= 11 is 0. The van der Waals surface area contributed by atoms with E-state index in [0.717, 1.165) is 60.3 Å². The third kappa shape index (κ3) is 9.75. The Hall–Kier alpha value is -7.45. The maximum Gasteiger partial charge on any atom is 0.248 e. The lowest BCUT2D eigenvalue weighted by atomic mass is 10.2. The molecule has 0 unspecified atom stereocenters. The lowest BCUT2D eigenvalue weighted by Gasteiger charge is -2.09. The SMILES string of the molecule is O=c1ccc2c(OCc3ccccc3)cccc2[nH]1.[O-][n+]1cccc2c(OCc3ccccc3)cccc21.c1ccc(COc2cccc3ncccc23)cc1. The fraction of sp³-hybridized carbons (Fsp3) is 0.0625. The molecule has 0 atom stereocenters. The molecular formula is C48H39N3O5. The third-order valence-electron chi connectivity index (χ3n) is 8.81. The number of ether oxygens (including phenoxy) is 3. The van der Waals surface area contributed by atoms with Crippen molar-refractivity contribution in [1.29, 1.82) is 0 Å². The summed E-state index contributed by atoms with van der Waals surface area (Å²) in [6, 6.07) is 58.1. The zero-order chi connectivity index (χ0) is 38.4. The lowest BCUT2D eigenvalue weighted by Crippen LogP contribution is -2.25. The zero-order valence-corrected chi connectivity index (χ0v) is 30.5. The molecule has 0 radical (unpaired) electrons. The van der Waals surface area contributed by atoms with Crippen LogP contribution in [0.3, 0.4) is 0 Å². The van der Waals surface area contributed by atoms with Gasteiger partial charge >= 0.3 is 0 Å². The largest absolute Gasteiger partial charge is 0.618 e. The molecule has 0 spiro atoms. The molecule has 8 nitrogen and oxygen atoms in total. The van der Waals surface area contributed by atoms with Gasteiger partial charge in [-0.2, -0.15) is 4.73 Å². The van der Waals surface area contributed by atoms with Crippen molar-refractivity contribution < 1.29 is 18.9 Å². The van der Waals surface area contributed by atoms with Gasteiger partial charge < -0.3 is 24.4 Å². The van der Waals surface area contributed by atoms with Crippen LogP contribution in [0.15, 0.2) is 199 Å². The Kier molecular flexibility index (Phi) is 12.2. The van der Waals surface area contributed by atoms with Crippen LogP contribution in [0.1, 0.15) is 16.7 Å². The van der Waals surface area contributed by atoms with Crippen molar-refractivity contribution in [1.82, 2.24) is 9.97 Å². The van der Waals surface area contributed by atoms with Gasteiger partial charge in [-0.25, -0.2) is 0 Å². The van der Waals surface area contributed by atoms with Gasteiger partial charge in [0.2, 0.25) is 11.1 Å². The number of hydrogen-bond donors (Lipinski definition) is 1. The molecule has 9 aromatic rings. The molecule has 1 N–H and O–H groups in total. The van der Waals surface area contributed by atoms with Gasteiger partial charge in [-0.3, -0.25) is 9.78 Å². The first-order valence-electron chi connectivity index (χ1n) is 18.2. The molecule has 3 aromatic heterocycles. The van der Waals surface area contributed by atoms with Crippen LogP contribution in [0.5, 0.6) is 17.2 Å². The minimum absolute atomic E-state index is 0.104. The monoisotopic (exact) mass is 737 g/mol. The fourth-order valence-electron chi connectivity index (χ4n) is 6.01. The predicted molar refractivity (Wildman–Crippen MR) is 222 cm³/mol. The van der Waals surface area contributed by atoms with Gasteiger partial charge in [0.05, 0.1) is 16.4 Å². The Morgan fingerprint density at radius 3 is 1.61 bits per heavy atom. The van der Waals surface area contributed by atoms with E-state index in [-0.39, 0.29) is 5.56 Å². The average Bonchev–Trinajstić information content (AvgIpc) is 3.26. The van der Waals surface area contributed by atoms with Crippen molar-refractivity contribution >= 4 is 32.7 Å². The molecule has 0 fully saturated rings. The number of aromatic nitrogens is 3. The number of pyridine rings is 3. The number of hydrogen-bond acceptors (Lipinski definition) is 6. The molecule has 0 aliphatic rings. The Morgan fingerprint density at radius 2 is 1.00 bits per heavy atom. The molecule has 0 saturated heterocycles. The van der Waals surface area contributed by atoms with Gasteiger partial charge in [0.1, 0.15) is 37.1 Å². The molecule has 0 amide bonds. The first-order valence-corrected chi connectivity index (χ1v) is 18.2. The van der Waals surface area contributed by atoms with Gasteiger partial charge in [0.15, 0.2) is 6.20 Å². The highest BCUT2D eigenvalue weighted by Crippen LogP contribution is 2.26. The number of nitrogens with zero attached hydrogens (tertiary/aromatic N) is 2. The average molecular weight is 738 g/mol. The summed E-state index contributed by atoms with van der Waals surface area (Å²) in [5.74, 6) is 2.38. The van der Waals surface area contributed by atoms with Crippen LogP contribution in [0.25, 0.3) is 32.7 Å². The van der Waals surface area contributed by atoms with Gasteiger partial charge in [-0.05, 0) is 71.3 Å². The van der Waals surface area contributed by atoms with Crippen molar-refractivity contribution in [3.05, 3.63) is 227 Å². The number of nitrogens with one attached hydrogen (secondary N) is 1. The molecular weight excluding hydrogens is 699 g/mol. The number of aromatic amines is 1. The van der Waals surface area contributed by atoms with Crippen LogP contribution in [-0.2, 0) is 19.8 Å². The van der Waals surface area contributed by atoms with Crippen molar-refractivity contribution in [3.8, 4) is 17.2 Å². The standard InChI is InChI=1S/2C16H13NO2.C16H13NO/c18-17-11-5-8-14-15(17)9-4-10-16(14)19-12-13-6-2-1-3-7-13;18-16-10-9-13-14(17-16)7-4-8-15(13)19-11-12-5-2-1-3-6-12;1-2-6-13(7-3-1)12-18-16-10-4-9-15-14(16)8-5-11-17-15/h1-11H,12H2;1-10H,11H2,(H,17,18);1-11H,12H2. The van der Waals surface area contributed by atoms with E-state index in [1.165, 1.54) is 17.8 Å². The molecule has 56 heavy (non-hydrogen) atoms. The number of H-pyrrole nitrogens is 1. The third-order valence-corrected chi connectivity index (χ3v) is 8.81. The molecule has 6 aromatic carbocycles. The van der Waals surface area contributed by atoms with Crippen LogP contribution in [0.4, 0.5) is 0 Å². The maximum absolute atomic E-state index is 11.7. The predicted octanol–water partition coefficient (Wildman–Crippen LogP) is 9.97. The van der Waals surface area contributed by atoms with E-state index >= 15 is 0 Å². The second-order valence-electron chi connectivity index (χ2n) is 12.7. The van der Waals surface area contributed by atoms with Crippen molar-refractivity contribution in [3.63, 3.8) is 0 Å². The zero-order valence-electron chi connectivity index (χ0n) is 30.5. The number of fused-ring (bicyclic) bond motifs is 3. The highest BCUT2D eigenvalue weighted by atomic mass is 16.5. The molecule has 0 bridgehead atoms. The molecule has 8 heteroatoms. The van der Waals surface area contributed by atoms with Gasteiger partial charge in [-0.15, -0.1) is 0 Å². The summed E-state index contributed by atoms with van der Waals surface area (Å²) in [7, 11) is 0. The summed E-state index contributed by atoms with van der Waals surface area (Å²) in [6.07, 6.45) is 3.28.